The molecule has 3 rings (SSSR count). The quantitative estimate of drug-likeness (QED) is 0.0712. The predicted molar refractivity (Wildman–Crippen MR) is 163 cm³/mol. The molecule has 0 amide bonds. The number of esters is 1. The summed E-state index contributed by atoms with van der Waals surface area (Å²) in [5, 5.41) is 30.2. The van der Waals surface area contributed by atoms with Crippen molar-refractivity contribution in [2.24, 2.45) is 11.8 Å². The molecule has 1 saturated heterocycles. The van der Waals surface area contributed by atoms with E-state index in [1.54, 1.807) is 30.3 Å². The molecule has 0 radical (unpaired) electrons. The standard InChI is InChI=1S/C32H47F2N3O8/c33-32(34,25-44-26-10-4-3-5-11-26)15-14-28-27(29(38)24-30(28)39)12-6-1-2-7-13-31(40)43-22-8-16-35-18-20-36(21-19-35)17-9-23-45-37(41)42/h1,3-6,10-11,14-15,27-30,38-39H,2,7-9,12-13,16-25H2/b6-1-,15-14+/t27-,28-,29+,30-/m1/s1. The molecule has 0 bridgehead atoms. The van der Waals surface area contributed by atoms with Gasteiger partial charge in [0.25, 0.3) is 11.0 Å². The number of allylic oxidation sites excluding steroid dienone is 2. The number of halogens is 2. The summed E-state index contributed by atoms with van der Waals surface area (Å²) in [5.74, 6) is -4.12. The lowest BCUT2D eigenvalue weighted by molar-refractivity contribution is -0.757. The number of unbranched alkanes of at least 4 members (excludes halogenated alkanes) is 1. The molecule has 13 heteroatoms. The molecule has 2 fully saturated rings. The molecule has 1 aromatic rings. The van der Waals surface area contributed by atoms with Crippen LogP contribution in [-0.4, -0.2) is 108 Å². The first-order valence-electron chi connectivity index (χ1n) is 15.8. The zero-order valence-electron chi connectivity index (χ0n) is 25.8. The number of ether oxygens (including phenoxy) is 2. The molecular weight excluding hydrogens is 592 g/mol. The summed E-state index contributed by atoms with van der Waals surface area (Å²) in [7, 11) is 0. The van der Waals surface area contributed by atoms with Crippen LogP contribution in [-0.2, 0) is 14.4 Å². The molecule has 0 aromatic heterocycles. The van der Waals surface area contributed by atoms with Gasteiger partial charge in [0.15, 0.2) is 6.61 Å². The van der Waals surface area contributed by atoms with Gasteiger partial charge in [-0.25, -0.2) is 0 Å². The normalized spacial score (nSPS) is 23.1. The van der Waals surface area contributed by atoms with E-state index in [2.05, 4.69) is 14.6 Å². The Morgan fingerprint density at radius 1 is 1.00 bits per heavy atom. The first-order chi connectivity index (χ1) is 21.6. The summed E-state index contributed by atoms with van der Waals surface area (Å²) in [6.45, 7) is 4.85. The molecule has 1 aromatic carbocycles. The first-order valence-corrected chi connectivity index (χ1v) is 15.8. The molecule has 0 spiro atoms. The summed E-state index contributed by atoms with van der Waals surface area (Å²) < 4.78 is 39.3. The molecule has 1 heterocycles. The summed E-state index contributed by atoms with van der Waals surface area (Å²) in [4.78, 5) is 31.2. The maximum Gasteiger partial charge on any atom is 0.305 e. The molecule has 4 atom stereocenters. The minimum absolute atomic E-state index is 0.113. The second-order valence-electron chi connectivity index (χ2n) is 11.6. The maximum absolute atomic E-state index is 14.4. The van der Waals surface area contributed by atoms with Crippen molar-refractivity contribution in [3.63, 3.8) is 0 Å². The highest BCUT2D eigenvalue weighted by molar-refractivity contribution is 5.69. The van der Waals surface area contributed by atoms with Crippen molar-refractivity contribution in [1.82, 2.24) is 9.80 Å². The third kappa shape index (κ3) is 14.2. The number of alkyl halides is 2. The number of nitrogens with zero attached hydrogens (tertiary/aromatic N) is 3. The highest BCUT2D eigenvalue weighted by Gasteiger charge is 2.40. The number of aliphatic hydroxyl groups is 2. The SMILES string of the molecule is O=C(CCC/C=C\C[C@@H]1[C@@H](/C=C/C(F)(F)COc2ccccc2)[C@H](O)C[C@@H]1O)OCCCN1CCN(CCCO[N+](=O)[O-])CC1. The third-order valence-electron chi connectivity index (χ3n) is 8.14. The topological polar surface area (TPSA) is 135 Å². The smallest absolute Gasteiger partial charge is 0.305 e. The van der Waals surface area contributed by atoms with Crippen LogP contribution in [0.1, 0.15) is 44.9 Å². The Kier molecular flexibility index (Phi) is 15.7. The van der Waals surface area contributed by atoms with Crippen LogP contribution in [0, 0.1) is 22.0 Å². The zero-order chi connectivity index (χ0) is 32.5. The van der Waals surface area contributed by atoms with Gasteiger partial charge in [0, 0.05) is 58.0 Å². The Morgan fingerprint density at radius 2 is 1.67 bits per heavy atom. The van der Waals surface area contributed by atoms with E-state index in [4.69, 9.17) is 9.47 Å². The number of carbonyl (C=O) groups excluding carboxylic acids is 1. The Morgan fingerprint density at radius 3 is 2.33 bits per heavy atom. The van der Waals surface area contributed by atoms with Crippen LogP contribution in [0.2, 0.25) is 0 Å². The number of benzene rings is 1. The van der Waals surface area contributed by atoms with Crippen molar-refractivity contribution in [3.8, 4) is 5.75 Å². The average Bonchev–Trinajstić information content (AvgIpc) is 3.29. The van der Waals surface area contributed by atoms with Crippen molar-refractivity contribution in [1.29, 1.82) is 0 Å². The van der Waals surface area contributed by atoms with Crippen LogP contribution in [0.3, 0.4) is 0 Å². The van der Waals surface area contributed by atoms with Gasteiger partial charge < -0.3 is 34.3 Å². The van der Waals surface area contributed by atoms with Gasteiger partial charge >= 0.3 is 5.97 Å². The molecule has 0 unspecified atom stereocenters. The maximum atomic E-state index is 14.4. The number of hydrogen-bond donors (Lipinski definition) is 2. The van der Waals surface area contributed by atoms with Gasteiger partial charge in [-0.05, 0) is 56.2 Å². The van der Waals surface area contributed by atoms with Crippen LogP contribution >= 0.6 is 0 Å². The zero-order valence-corrected chi connectivity index (χ0v) is 25.8. The van der Waals surface area contributed by atoms with Gasteiger partial charge in [0.05, 0.1) is 25.4 Å². The first kappa shape index (κ1) is 36.3. The number of para-hydroxylation sites is 1. The van der Waals surface area contributed by atoms with Gasteiger partial charge in [-0.1, -0.05) is 36.4 Å². The molecule has 2 N–H and O–H groups in total. The molecule has 2 aliphatic rings. The number of carbonyl (C=O) groups is 1. The molecule has 1 aliphatic heterocycles. The Labute approximate surface area is 263 Å². The summed E-state index contributed by atoms with van der Waals surface area (Å²) in [5.41, 5.74) is 0. The summed E-state index contributed by atoms with van der Waals surface area (Å²) in [6.07, 6.45) is 7.59. The highest BCUT2D eigenvalue weighted by Crippen LogP contribution is 2.37. The highest BCUT2D eigenvalue weighted by atomic mass is 19.3. The fourth-order valence-electron chi connectivity index (χ4n) is 5.65. The van der Waals surface area contributed by atoms with Gasteiger partial charge in [0.1, 0.15) is 5.75 Å². The predicted octanol–water partition coefficient (Wildman–Crippen LogP) is 3.88. The van der Waals surface area contributed by atoms with E-state index >= 15 is 0 Å². The Balaban J connectivity index is 1.24. The largest absolute Gasteiger partial charge is 0.487 e. The molecule has 1 saturated carbocycles. The van der Waals surface area contributed by atoms with Gasteiger partial charge in [-0.3, -0.25) is 4.79 Å². The molecule has 1 aliphatic carbocycles. The molecule has 252 valence electrons. The molecular formula is C32H47F2N3O8. The Bertz CT molecular complexity index is 1070. The van der Waals surface area contributed by atoms with E-state index in [1.165, 1.54) is 6.08 Å². The lowest BCUT2D eigenvalue weighted by Crippen LogP contribution is -2.47. The number of aliphatic hydroxyl groups excluding tert-OH is 2. The summed E-state index contributed by atoms with van der Waals surface area (Å²) in [6, 6.07) is 8.36. The van der Waals surface area contributed by atoms with E-state index in [9.17, 15) is 33.9 Å². The van der Waals surface area contributed by atoms with Gasteiger partial charge in [-0.2, -0.15) is 8.78 Å². The van der Waals surface area contributed by atoms with E-state index in [1.807, 2.05) is 12.2 Å². The van der Waals surface area contributed by atoms with Gasteiger partial charge in [-0.15, -0.1) is 10.1 Å². The second-order valence-corrected chi connectivity index (χ2v) is 11.6. The van der Waals surface area contributed by atoms with Crippen molar-refractivity contribution < 1.29 is 43.2 Å². The fourth-order valence-corrected chi connectivity index (χ4v) is 5.65. The lowest BCUT2D eigenvalue weighted by Gasteiger charge is -2.34. The van der Waals surface area contributed by atoms with E-state index in [0.717, 1.165) is 51.8 Å². The van der Waals surface area contributed by atoms with Crippen molar-refractivity contribution in [2.75, 3.05) is 59.1 Å². The van der Waals surface area contributed by atoms with Crippen LogP contribution in [0.25, 0.3) is 0 Å². The van der Waals surface area contributed by atoms with Crippen molar-refractivity contribution >= 4 is 5.97 Å². The third-order valence-corrected chi connectivity index (χ3v) is 8.14. The average molecular weight is 640 g/mol. The van der Waals surface area contributed by atoms with Crippen molar-refractivity contribution in [2.45, 2.75) is 63.1 Å². The fraction of sp³-hybridized carbons (Fsp3) is 0.656. The Hall–Kier alpha value is -3.13. The van der Waals surface area contributed by atoms with Crippen LogP contribution in [0.15, 0.2) is 54.6 Å². The van der Waals surface area contributed by atoms with Gasteiger partial charge in [0.2, 0.25) is 0 Å². The van der Waals surface area contributed by atoms with E-state index < -0.39 is 35.7 Å². The van der Waals surface area contributed by atoms with E-state index in [0.29, 0.717) is 44.5 Å². The molecule has 11 nitrogen and oxygen atoms in total. The number of hydrogen-bond acceptors (Lipinski definition) is 10. The minimum atomic E-state index is -3.23. The number of rotatable bonds is 20. The monoisotopic (exact) mass is 639 g/mol. The van der Waals surface area contributed by atoms with Crippen LogP contribution < -0.4 is 4.74 Å². The molecule has 45 heavy (non-hydrogen) atoms. The summed E-state index contributed by atoms with van der Waals surface area (Å²) >= 11 is 0. The van der Waals surface area contributed by atoms with Crippen LogP contribution in [0.4, 0.5) is 8.78 Å². The second kappa shape index (κ2) is 19.4. The van der Waals surface area contributed by atoms with Crippen molar-refractivity contribution in [3.05, 3.63) is 64.8 Å². The lowest BCUT2D eigenvalue weighted by atomic mass is 9.89. The minimum Gasteiger partial charge on any atom is -0.487 e. The number of piperazine rings is 1. The van der Waals surface area contributed by atoms with E-state index in [-0.39, 0.29) is 24.9 Å². The van der Waals surface area contributed by atoms with Crippen LogP contribution in [0.5, 0.6) is 5.75 Å².